The quantitative estimate of drug-likeness (QED) is 0.0441. The number of aryl methyl sites for hydroxylation is 2. The fourth-order valence-electron chi connectivity index (χ4n) is 5.97. The zero-order valence-corrected chi connectivity index (χ0v) is 35.9. The average Bonchev–Trinajstić information content (AvgIpc) is 3.11. The zero-order chi connectivity index (χ0) is 39.4. The largest absolute Gasteiger partial charge is 2.00 e. The molecule has 296 valence electrons. The number of hydrogen-bond acceptors (Lipinski definition) is 9. The van der Waals surface area contributed by atoms with Crippen molar-refractivity contribution in [2.45, 2.75) is 126 Å². The topological polar surface area (TPSA) is 173 Å². The smallest absolute Gasteiger partial charge is 0.872 e. The summed E-state index contributed by atoms with van der Waals surface area (Å²) in [5.74, 6) is 0.135. The summed E-state index contributed by atoms with van der Waals surface area (Å²) in [6.45, 7) is 4.40. The van der Waals surface area contributed by atoms with Crippen LogP contribution in [0.5, 0.6) is 34.5 Å². The van der Waals surface area contributed by atoms with E-state index in [1.54, 1.807) is 24.3 Å². The molecule has 0 amide bonds. The van der Waals surface area contributed by atoms with Gasteiger partial charge in [0.1, 0.15) is 38.0 Å². The summed E-state index contributed by atoms with van der Waals surface area (Å²) < 4.78 is 78.2. The van der Waals surface area contributed by atoms with E-state index >= 15 is 0 Å². The summed E-state index contributed by atoms with van der Waals surface area (Å²) in [6, 6.07) is 21.3. The van der Waals surface area contributed by atoms with Crippen molar-refractivity contribution in [3.05, 3.63) is 96.1 Å². The third-order valence-corrected chi connectivity index (χ3v) is 10.6. The predicted octanol–water partition coefficient (Wildman–Crippen LogP) is 10.1. The monoisotopic (exact) mass is 822 g/mol. The Kier molecular flexibility index (Phi) is 22.3. The van der Waals surface area contributed by atoms with Crippen LogP contribution in [0.4, 0.5) is 0 Å². The molecule has 0 heterocycles. The van der Waals surface area contributed by atoms with E-state index < -0.39 is 30.9 Å². The standard InChI is InChI=1S/2C21H28O5S.Ca/c2*1-2-3-4-5-6-7-8-11-17-12-9-10-13-19(17)26-20-16-18(22)14-15-21(20)27(23,24)25;/h2*9-10,12-16,22H,2-8,11H2,1H3,(H,23,24,25);/q;;+2/p-2. The molecule has 10 nitrogen and oxygen atoms in total. The van der Waals surface area contributed by atoms with Gasteiger partial charge in [-0.2, -0.15) is 8.42 Å². The molecule has 0 unspecified atom stereocenters. The third-order valence-electron chi connectivity index (χ3n) is 8.87. The summed E-state index contributed by atoms with van der Waals surface area (Å²) in [4.78, 5) is -0.890. The van der Waals surface area contributed by atoms with Crippen molar-refractivity contribution in [3.8, 4) is 34.5 Å². The Labute approximate surface area is 357 Å². The van der Waals surface area contributed by atoms with E-state index in [1.165, 1.54) is 76.3 Å². The molecule has 0 bridgehead atoms. The SMILES string of the molecule is CCCCCCCCCc1ccccc1Oc1cc(O)ccc1S(=O)(=O)O.CCCCCCCCCc1ccccc1Oc1cc([O-])ccc1S(=O)(=O)[O-].[Ca+2]. The second-order valence-electron chi connectivity index (χ2n) is 13.3. The van der Waals surface area contributed by atoms with Crippen LogP contribution < -0.4 is 14.6 Å². The van der Waals surface area contributed by atoms with E-state index in [1.807, 2.05) is 24.3 Å². The van der Waals surface area contributed by atoms with Gasteiger partial charge in [-0.3, -0.25) is 4.55 Å². The van der Waals surface area contributed by atoms with Crippen LogP contribution >= 0.6 is 0 Å². The van der Waals surface area contributed by atoms with Crippen molar-refractivity contribution in [1.29, 1.82) is 0 Å². The first-order valence-electron chi connectivity index (χ1n) is 18.9. The van der Waals surface area contributed by atoms with Gasteiger partial charge in [0.05, 0.1) is 4.90 Å². The Balaban J connectivity index is 0.000000373. The van der Waals surface area contributed by atoms with Crippen LogP contribution in [0, 0.1) is 0 Å². The molecule has 0 aromatic heterocycles. The molecule has 0 spiro atoms. The minimum Gasteiger partial charge on any atom is -0.872 e. The van der Waals surface area contributed by atoms with E-state index in [0.29, 0.717) is 11.5 Å². The Hall–Kier alpha value is -2.84. The van der Waals surface area contributed by atoms with Crippen LogP contribution in [-0.2, 0) is 33.1 Å². The molecule has 2 N–H and O–H groups in total. The van der Waals surface area contributed by atoms with Crippen molar-refractivity contribution in [3.63, 3.8) is 0 Å². The van der Waals surface area contributed by atoms with Crippen LogP contribution in [0.25, 0.3) is 0 Å². The molecule has 55 heavy (non-hydrogen) atoms. The van der Waals surface area contributed by atoms with Gasteiger partial charge < -0.3 is 24.2 Å². The summed E-state index contributed by atoms with van der Waals surface area (Å²) in [6.07, 6.45) is 18.4. The average molecular weight is 823 g/mol. The van der Waals surface area contributed by atoms with Gasteiger partial charge in [0.2, 0.25) is 0 Å². The summed E-state index contributed by atoms with van der Waals surface area (Å²) >= 11 is 0. The molecular weight excluding hydrogens is 769 g/mol. The Bertz CT molecular complexity index is 1810. The number of para-hydroxylation sites is 2. The number of benzene rings is 4. The van der Waals surface area contributed by atoms with E-state index in [4.69, 9.17) is 9.47 Å². The summed E-state index contributed by atoms with van der Waals surface area (Å²) in [5, 5.41) is 21.2. The minimum absolute atomic E-state index is 0. The first kappa shape index (κ1) is 48.3. The summed E-state index contributed by atoms with van der Waals surface area (Å²) in [5.41, 5.74) is 1.90. The maximum absolute atomic E-state index is 11.6. The molecule has 0 aliphatic rings. The van der Waals surface area contributed by atoms with Gasteiger partial charge in [-0.1, -0.05) is 133 Å². The molecule has 0 aliphatic heterocycles. The molecule has 0 saturated heterocycles. The first-order chi connectivity index (χ1) is 25.8. The van der Waals surface area contributed by atoms with Crippen molar-refractivity contribution in [2.75, 3.05) is 0 Å². The fraction of sp³-hybridized carbons (Fsp3) is 0.429. The number of phenols is 1. The van der Waals surface area contributed by atoms with Gasteiger partial charge in [-0.05, 0) is 73.2 Å². The fourth-order valence-corrected chi connectivity index (χ4v) is 7.14. The predicted molar refractivity (Wildman–Crippen MR) is 214 cm³/mol. The molecular formula is C42H54CaO10S2. The van der Waals surface area contributed by atoms with Gasteiger partial charge in [0.15, 0.2) is 5.75 Å². The summed E-state index contributed by atoms with van der Waals surface area (Å²) in [7, 11) is -9.18. The Morgan fingerprint density at radius 2 is 0.964 bits per heavy atom. The van der Waals surface area contributed by atoms with Gasteiger partial charge in [0, 0.05) is 6.07 Å². The van der Waals surface area contributed by atoms with Crippen molar-refractivity contribution < 1.29 is 45.6 Å². The van der Waals surface area contributed by atoms with Crippen molar-refractivity contribution in [2.24, 2.45) is 0 Å². The van der Waals surface area contributed by atoms with Crippen LogP contribution in [0.15, 0.2) is 94.7 Å². The molecule has 4 rings (SSSR count). The third kappa shape index (κ3) is 17.9. The van der Waals surface area contributed by atoms with Crippen LogP contribution in [0.2, 0.25) is 0 Å². The molecule has 0 aliphatic carbocycles. The van der Waals surface area contributed by atoms with E-state index in [-0.39, 0.29) is 59.9 Å². The maximum Gasteiger partial charge on any atom is 2.00 e. The van der Waals surface area contributed by atoms with Gasteiger partial charge >= 0.3 is 37.7 Å². The first-order valence-corrected chi connectivity index (χ1v) is 21.8. The molecule has 0 fully saturated rings. The number of unbranched alkanes of at least 4 members (excludes halogenated alkanes) is 12. The number of rotatable bonds is 22. The second-order valence-corrected chi connectivity index (χ2v) is 16.1. The van der Waals surface area contributed by atoms with Gasteiger partial charge in [0.25, 0.3) is 10.1 Å². The normalized spacial score (nSPS) is 11.3. The van der Waals surface area contributed by atoms with Crippen molar-refractivity contribution >= 4 is 58.0 Å². The van der Waals surface area contributed by atoms with E-state index in [0.717, 1.165) is 73.9 Å². The number of aromatic hydroxyl groups is 1. The Morgan fingerprint density at radius 1 is 0.545 bits per heavy atom. The van der Waals surface area contributed by atoms with Gasteiger partial charge in [-0.15, -0.1) is 5.75 Å². The molecule has 0 saturated carbocycles. The molecule has 4 aromatic rings. The Morgan fingerprint density at radius 3 is 1.42 bits per heavy atom. The zero-order valence-electron chi connectivity index (χ0n) is 32.1. The minimum atomic E-state index is -4.73. The van der Waals surface area contributed by atoms with E-state index in [9.17, 15) is 36.2 Å². The second kappa shape index (κ2) is 25.4. The van der Waals surface area contributed by atoms with Crippen molar-refractivity contribution in [1.82, 2.24) is 0 Å². The number of phenolic OH excluding ortho intramolecular Hbond substituents is 1. The number of ether oxygens (including phenoxy) is 2. The van der Waals surface area contributed by atoms with E-state index in [2.05, 4.69) is 13.8 Å². The van der Waals surface area contributed by atoms with Crippen LogP contribution in [0.3, 0.4) is 0 Å². The molecule has 0 radical (unpaired) electrons. The van der Waals surface area contributed by atoms with Crippen LogP contribution in [-0.4, -0.2) is 68.8 Å². The van der Waals surface area contributed by atoms with Gasteiger partial charge in [-0.25, -0.2) is 8.42 Å². The maximum atomic E-state index is 11.6. The molecule has 0 atom stereocenters. The molecule has 13 heteroatoms. The number of hydrogen-bond donors (Lipinski definition) is 2. The van der Waals surface area contributed by atoms with Crippen LogP contribution in [0.1, 0.15) is 115 Å². The molecule has 4 aromatic carbocycles.